The van der Waals surface area contributed by atoms with E-state index >= 15 is 0 Å². The molecule has 0 fully saturated rings. The van der Waals surface area contributed by atoms with E-state index in [2.05, 4.69) is 10.3 Å². The molecule has 1 amide bonds. The summed E-state index contributed by atoms with van der Waals surface area (Å²) in [5.41, 5.74) is 0.852. The van der Waals surface area contributed by atoms with Crippen LogP contribution >= 0.6 is 0 Å². The molecule has 0 aliphatic heterocycles. The van der Waals surface area contributed by atoms with Crippen molar-refractivity contribution in [2.45, 2.75) is 32.2 Å². The van der Waals surface area contributed by atoms with Crippen LogP contribution in [0.15, 0.2) is 30.9 Å². The molecule has 0 aliphatic rings. The summed E-state index contributed by atoms with van der Waals surface area (Å²) in [5, 5.41) is 11.5. The Morgan fingerprint density at radius 2 is 2.15 bits per heavy atom. The summed E-state index contributed by atoms with van der Waals surface area (Å²) in [5.74, 6) is -1.09. The van der Waals surface area contributed by atoms with Crippen LogP contribution in [-0.4, -0.2) is 31.9 Å². The zero-order chi connectivity index (χ0) is 14.8. The second-order valence-corrected chi connectivity index (χ2v) is 5.38. The van der Waals surface area contributed by atoms with Crippen LogP contribution < -0.4 is 5.32 Å². The van der Waals surface area contributed by atoms with E-state index in [-0.39, 0.29) is 12.3 Å². The molecule has 2 rings (SSSR count). The number of nitrogens with zero attached hydrogens (tertiary/aromatic N) is 2. The minimum Gasteiger partial charge on any atom is -0.481 e. The summed E-state index contributed by atoms with van der Waals surface area (Å²) in [6, 6.07) is 3.53. The first-order chi connectivity index (χ1) is 9.37. The number of carbonyl (C=O) groups is 2. The maximum absolute atomic E-state index is 12.2. The summed E-state index contributed by atoms with van der Waals surface area (Å²) >= 11 is 0. The highest BCUT2D eigenvalue weighted by atomic mass is 16.4. The number of amides is 1. The number of aromatic nitrogens is 2. The average molecular weight is 275 g/mol. The predicted octanol–water partition coefficient (Wildman–Crippen LogP) is 1.71. The fraction of sp³-hybridized carbons (Fsp3) is 0.357. The van der Waals surface area contributed by atoms with Crippen molar-refractivity contribution in [2.24, 2.45) is 0 Å². The smallest absolute Gasteiger partial charge is 0.303 e. The summed E-state index contributed by atoms with van der Waals surface area (Å²) < 4.78 is 1.76. The SMILES string of the molecule is CC(C)(CCC(=O)O)NC(=O)c1ccc2cncn2c1. The number of imidazole rings is 1. The fourth-order valence-corrected chi connectivity index (χ4v) is 1.92. The number of fused-ring (bicyclic) bond motifs is 1. The van der Waals surface area contributed by atoms with E-state index in [9.17, 15) is 9.59 Å². The molecule has 0 saturated heterocycles. The highest BCUT2D eigenvalue weighted by molar-refractivity contribution is 5.94. The topological polar surface area (TPSA) is 83.7 Å². The van der Waals surface area contributed by atoms with E-state index in [0.717, 1.165) is 5.52 Å². The Labute approximate surface area is 116 Å². The lowest BCUT2D eigenvalue weighted by Crippen LogP contribution is -2.43. The number of hydrogen-bond acceptors (Lipinski definition) is 3. The van der Waals surface area contributed by atoms with E-state index in [1.165, 1.54) is 0 Å². The number of carbonyl (C=O) groups excluding carboxylic acids is 1. The Bertz CT molecular complexity index is 646. The molecule has 2 N–H and O–H groups in total. The van der Waals surface area contributed by atoms with E-state index in [4.69, 9.17) is 5.11 Å². The van der Waals surface area contributed by atoms with Gasteiger partial charge in [-0.2, -0.15) is 0 Å². The second kappa shape index (κ2) is 5.32. The minimum atomic E-state index is -0.868. The Hall–Kier alpha value is -2.37. The lowest BCUT2D eigenvalue weighted by atomic mass is 9.98. The lowest BCUT2D eigenvalue weighted by Gasteiger charge is -2.25. The van der Waals surface area contributed by atoms with Crippen LogP contribution in [0.4, 0.5) is 0 Å². The molecule has 0 bridgehead atoms. The number of pyridine rings is 1. The first-order valence-electron chi connectivity index (χ1n) is 6.33. The van der Waals surface area contributed by atoms with Crippen molar-refractivity contribution in [2.75, 3.05) is 0 Å². The van der Waals surface area contributed by atoms with Crippen LogP contribution in [-0.2, 0) is 4.79 Å². The molecule has 0 atom stereocenters. The summed E-state index contributed by atoms with van der Waals surface area (Å²) in [6.07, 6.45) is 5.43. The van der Waals surface area contributed by atoms with Gasteiger partial charge in [0.1, 0.15) is 0 Å². The molecule has 0 unspecified atom stereocenters. The Morgan fingerprint density at radius 1 is 1.40 bits per heavy atom. The summed E-state index contributed by atoms with van der Waals surface area (Å²) in [4.78, 5) is 26.8. The largest absolute Gasteiger partial charge is 0.481 e. The van der Waals surface area contributed by atoms with Crippen LogP contribution in [0.2, 0.25) is 0 Å². The van der Waals surface area contributed by atoms with Crippen molar-refractivity contribution in [1.82, 2.24) is 14.7 Å². The van der Waals surface area contributed by atoms with Crippen molar-refractivity contribution < 1.29 is 14.7 Å². The van der Waals surface area contributed by atoms with Gasteiger partial charge in [0.25, 0.3) is 5.91 Å². The maximum atomic E-state index is 12.2. The molecule has 6 nitrogen and oxygen atoms in total. The number of hydrogen-bond donors (Lipinski definition) is 2. The quantitative estimate of drug-likeness (QED) is 0.870. The van der Waals surface area contributed by atoms with Gasteiger partial charge in [0.2, 0.25) is 0 Å². The fourth-order valence-electron chi connectivity index (χ4n) is 1.92. The first kappa shape index (κ1) is 14.0. The zero-order valence-electron chi connectivity index (χ0n) is 11.5. The predicted molar refractivity (Wildman–Crippen MR) is 73.6 cm³/mol. The molecule has 2 aromatic heterocycles. The van der Waals surface area contributed by atoms with Crippen molar-refractivity contribution in [3.8, 4) is 0 Å². The number of nitrogens with one attached hydrogen (secondary N) is 1. The third kappa shape index (κ3) is 3.34. The molecule has 2 heterocycles. The van der Waals surface area contributed by atoms with E-state index < -0.39 is 11.5 Å². The molecular weight excluding hydrogens is 258 g/mol. The number of carboxylic acids is 1. The van der Waals surface area contributed by atoms with E-state index in [1.54, 1.807) is 29.2 Å². The van der Waals surface area contributed by atoms with Crippen LogP contribution in [0.1, 0.15) is 37.0 Å². The van der Waals surface area contributed by atoms with Crippen molar-refractivity contribution in [1.29, 1.82) is 0 Å². The molecular formula is C14H17N3O3. The van der Waals surface area contributed by atoms with Crippen LogP contribution in [0, 0.1) is 0 Å². The van der Waals surface area contributed by atoms with Gasteiger partial charge in [-0.1, -0.05) is 0 Å². The highest BCUT2D eigenvalue weighted by Gasteiger charge is 2.22. The zero-order valence-corrected chi connectivity index (χ0v) is 11.5. The number of rotatable bonds is 5. The number of carboxylic acid groups (broad SMARTS) is 1. The van der Waals surface area contributed by atoms with Gasteiger partial charge in [0, 0.05) is 18.2 Å². The summed E-state index contributed by atoms with van der Waals surface area (Å²) in [7, 11) is 0. The van der Waals surface area contributed by atoms with Gasteiger partial charge in [-0.3, -0.25) is 9.59 Å². The van der Waals surface area contributed by atoms with Crippen molar-refractivity contribution in [3.63, 3.8) is 0 Å². The molecule has 0 saturated carbocycles. The molecule has 0 radical (unpaired) electrons. The van der Waals surface area contributed by atoms with Crippen molar-refractivity contribution in [3.05, 3.63) is 36.4 Å². The molecule has 106 valence electrons. The van der Waals surface area contributed by atoms with E-state index in [1.807, 2.05) is 19.9 Å². The van der Waals surface area contributed by atoms with Gasteiger partial charge < -0.3 is 14.8 Å². The van der Waals surface area contributed by atoms with Crippen LogP contribution in [0.3, 0.4) is 0 Å². The molecule has 2 aromatic rings. The van der Waals surface area contributed by atoms with Gasteiger partial charge in [-0.05, 0) is 32.4 Å². The van der Waals surface area contributed by atoms with Crippen molar-refractivity contribution >= 4 is 17.4 Å². The number of aliphatic carboxylic acids is 1. The van der Waals surface area contributed by atoms with Gasteiger partial charge in [0.15, 0.2) is 0 Å². The molecule has 0 spiro atoms. The van der Waals surface area contributed by atoms with Gasteiger partial charge in [-0.25, -0.2) is 4.98 Å². The molecule has 20 heavy (non-hydrogen) atoms. The van der Waals surface area contributed by atoms with Gasteiger partial charge in [0.05, 0.1) is 23.6 Å². The molecule has 0 aromatic carbocycles. The maximum Gasteiger partial charge on any atom is 0.303 e. The third-order valence-electron chi connectivity index (χ3n) is 3.09. The average Bonchev–Trinajstić information content (AvgIpc) is 2.83. The lowest BCUT2D eigenvalue weighted by molar-refractivity contribution is -0.137. The standard InChI is InChI=1S/C14H17N3O3/c1-14(2,6-5-12(18)19)16-13(20)10-3-4-11-7-15-9-17(11)8-10/h3-4,7-9H,5-6H2,1-2H3,(H,16,20)(H,18,19). The Balaban J connectivity index is 2.08. The normalized spacial score (nSPS) is 11.5. The van der Waals surface area contributed by atoms with E-state index in [0.29, 0.717) is 12.0 Å². The van der Waals surface area contributed by atoms with Crippen LogP contribution in [0.5, 0.6) is 0 Å². The monoisotopic (exact) mass is 275 g/mol. The van der Waals surface area contributed by atoms with Gasteiger partial charge >= 0.3 is 5.97 Å². The molecule has 6 heteroatoms. The van der Waals surface area contributed by atoms with Gasteiger partial charge in [-0.15, -0.1) is 0 Å². The third-order valence-corrected chi connectivity index (χ3v) is 3.09. The second-order valence-electron chi connectivity index (χ2n) is 5.38. The minimum absolute atomic E-state index is 0.0217. The van der Waals surface area contributed by atoms with Crippen LogP contribution in [0.25, 0.3) is 5.52 Å². The highest BCUT2D eigenvalue weighted by Crippen LogP contribution is 2.13. The molecule has 0 aliphatic carbocycles. The first-order valence-corrected chi connectivity index (χ1v) is 6.33. The Kier molecular flexibility index (Phi) is 3.74. The Morgan fingerprint density at radius 3 is 2.85 bits per heavy atom. The summed E-state index contributed by atoms with van der Waals surface area (Å²) in [6.45, 7) is 3.62.